The van der Waals surface area contributed by atoms with Gasteiger partial charge in [0.15, 0.2) is 0 Å². The van der Waals surface area contributed by atoms with E-state index in [1.165, 1.54) is 12.4 Å². The molecule has 0 bridgehead atoms. The number of aryl methyl sites for hydroxylation is 1. The van der Waals surface area contributed by atoms with Crippen molar-refractivity contribution < 1.29 is 14.4 Å². The van der Waals surface area contributed by atoms with E-state index in [9.17, 15) is 14.4 Å². The van der Waals surface area contributed by atoms with E-state index < -0.39 is 5.91 Å². The SMILES string of the molecule is Cc1[nH]c2ccccc2c1C1c2ccccc2C(=O)N1CCC(=O)NNC(=O)c1ccncc1. The van der Waals surface area contributed by atoms with Gasteiger partial charge >= 0.3 is 0 Å². The Hall–Kier alpha value is -4.46. The second-order valence-electron chi connectivity index (χ2n) is 8.19. The van der Waals surface area contributed by atoms with Crippen molar-refractivity contribution in [2.45, 2.75) is 19.4 Å². The molecule has 2 aromatic heterocycles. The highest BCUT2D eigenvalue weighted by Gasteiger charge is 2.39. The fourth-order valence-electron chi connectivity index (χ4n) is 4.55. The number of hydrogen-bond donors (Lipinski definition) is 3. The molecule has 8 heteroatoms. The van der Waals surface area contributed by atoms with Crippen molar-refractivity contribution in [3.8, 4) is 0 Å². The number of nitrogens with one attached hydrogen (secondary N) is 3. The topological polar surface area (TPSA) is 107 Å². The van der Waals surface area contributed by atoms with Crippen LogP contribution < -0.4 is 10.9 Å². The quantitative estimate of drug-likeness (QED) is 0.403. The maximum absolute atomic E-state index is 13.3. The van der Waals surface area contributed by atoms with Gasteiger partial charge in [-0.05, 0) is 36.8 Å². The zero-order valence-corrected chi connectivity index (χ0v) is 18.5. The molecule has 0 saturated heterocycles. The lowest BCUT2D eigenvalue weighted by Crippen LogP contribution is -2.43. The molecule has 1 unspecified atom stereocenters. The van der Waals surface area contributed by atoms with E-state index in [-0.39, 0.29) is 30.8 Å². The number of hydrazine groups is 1. The number of hydrogen-bond acceptors (Lipinski definition) is 4. The zero-order chi connectivity index (χ0) is 23.7. The van der Waals surface area contributed by atoms with Crippen molar-refractivity contribution >= 4 is 28.6 Å². The molecule has 1 aliphatic rings. The van der Waals surface area contributed by atoms with E-state index in [0.29, 0.717) is 11.1 Å². The number of nitrogens with zero attached hydrogens (tertiary/aromatic N) is 2. The standard InChI is InChI=1S/C26H23N5O3/c1-16-23(20-8-4-5-9-21(20)28-16)24-18-6-2-3-7-19(18)26(34)31(24)15-12-22(32)29-30-25(33)17-10-13-27-14-11-17/h2-11,13-14,24,28H,12,15H2,1H3,(H,29,32)(H,30,33). The average molecular weight is 454 g/mol. The summed E-state index contributed by atoms with van der Waals surface area (Å²) in [5.74, 6) is -0.938. The average Bonchev–Trinajstić information content (AvgIpc) is 3.34. The van der Waals surface area contributed by atoms with Crippen molar-refractivity contribution in [1.82, 2.24) is 25.7 Å². The van der Waals surface area contributed by atoms with Crippen LogP contribution >= 0.6 is 0 Å². The molecular formula is C26H23N5O3. The van der Waals surface area contributed by atoms with Crippen molar-refractivity contribution in [2.75, 3.05) is 6.54 Å². The smallest absolute Gasteiger partial charge is 0.269 e. The monoisotopic (exact) mass is 453 g/mol. The van der Waals surface area contributed by atoms with Crippen LogP contribution in [0, 0.1) is 6.92 Å². The second-order valence-corrected chi connectivity index (χ2v) is 8.19. The van der Waals surface area contributed by atoms with Crippen molar-refractivity contribution in [3.63, 3.8) is 0 Å². The third kappa shape index (κ3) is 3.79. The molecule has 1 atom stereocenters. The molecule has 0 fully saturated rings. The Labute approximate surface area is 196 Å². The molecule has 34 heavy (non-hydrogen) atoms. The maximum Gasteiger partial charge on any atom is 0.269 e. The lowest BCUT2D eigenvalue weighted by Gasteiger charge is -2.26. The first kappa shape index (κ1) is 21.4. The fraction of sp³-hybridized carbons (Fsp3) is 0.154. The van der Waals surface area contributed by atoms with Crippen molar-refractivity contribution in [1.29, 1.82) is 0 Å². The minimum atomic E-state index is -0.437. The lowest BCUT2D eigenvalue weighted by molar-refractivity contribution is -0.122. The van der Waals surface area contributed by atoms with Crippen molar-refractivity contribution in [3.05, 3.63) is 101 Å². The molecule has 3 heterocycles. The number of H-pyrrole nitrogens is 1. The number of pyridine rings is 1. The largest absolute Gasteiger partial charge is 0.358 e. The van der Waals surface area contributed by atoms with E-state index in [1.807, 2.05) is 55.5 Å². The number of para-hydroxylation sites is 1. The molecule has 1 aliphatic heterocycles. The third-order valence-electron chi connectivity index (χ3n) is 6.11. The first-order chi connectivity index (χ1) is 16.5. The Morgan fingerprint density at radius 1 is 1.00 bits per heavy atom. The Bertz CT molecular complexity index is 1400. The van der Waals surface area contributed by atoms with Crippen LogP contribution in [0.4, 0.5) is 0 Å². The lowest BCUT2D eigenvalue weighted by atomic mass is 9.95. The Morgan fingerprint density at radius 3 is 2.56 bits per heavy atom. The maximum atomic E-state index is 13.3. The van der Waals surface area contributed by atoms with Crippen LogP contribution in [0.15, 0.2) is 73.1 Å². The van der Waals surface area contributed by atoms with Crippen LogP contribution in [0.5, 0.6) is 0 Å². The Balaban J connectivity index is 1.36. The summed E-state index contributed by atoms with van der Waals surface area (Å²) in [7, 11) is 0. The highest BCUT2D eigenvalue weighted by Crippen LogP contribution is 2.42. The summed E-state index contributed by atoms with van der Waals surface area (Å²) in [6, 6.07) is 18.4. The molecule has 3 N–H and O–H groups in total. The molecule has 0 saturated carbocycles. The Morgan fingerprint density at radius 2 is 1.74 bits per heavy atom. The highest BCUT2D eigenvalue weighted by molar-refractivity contribution is 6.01. The van der Waals surface area contributed by atoms with Gasteiger partial charge in [0.05, 0.1) is 6.04 Å². The number of rotatable bonds is 5. The Kier molecular flexibility index (Phi) is 5.55. The van der Waals surface area contributed by atoms with Gasteiger partial charge in [-0.2, -0.15) is 0 Å². The molecular weight excluding hydrogens is 430 g/mol. The molecule has 0 aliphatic carbocycles. The van der Waals surface area contributed by atoms with Crippen LogP contribution in [0.2, 0.25) is 0 Å². The number of fused-ring (bicyclic) bond motifs is 2. The van der Waals surface area contributed by atoms with E-state index >= 15 is 0 Å². The summed E-state index contributed by atoms with van der Waals surface area (Å²) in [6.45, 7) is 2.20. The van der Waals surface area contributed by atoms with Crippen molar-refractivity contribution in [2.24, 2.45) is 0 Å². The zero-order valence-electron chi connectivity index (χ0n) is 18.5. The first-order valence-electron chi connectivity index (χ1n) is 11.0. The van der Waals surface area contributed by atoms with E-state index in [2.05, 4.69) is 20.8 Å². The van der Waals surface area contributed by atoms with Gasteiger partial charge in [-0.1, -0.05) is 36.4 Å². The second kappa shape index (κ2) is 8.82. The predicted molar refractivity (Wildman–Crippen MR) is 127 cm³/mol. The number of aromatic nitrogens is 2. The molecule has 2 aromatic carbocycles. The fourth-order valence-corrected chi connectivity index (χ4v) is 4.55. The predicted octanol–water partition coefficient (Wildman–Crippen LogP) is 3.27. The van der Waals surface area contributed by atoms with E-state index in [4.69, 9.17) is 0 Å². The van der Waals surface area contributed by atoms with Gasteiger partial charge in [0.25, 0.3) is 11.8 Å². The van der Waals surface area contributed by atoms with Gasteiger partial charge in [-0.25, -0.2) is 0 Å². The number of amides is 3. The van der Waals surface area contributed by atoms with Gasteiger partial charge in [0.1, 0.15) is 0 Å². The van der Waals surface area contributed by atoms with E-state index in [1.54, 1.807) is 17.0 Å². The number of carbonyl (C=O) groups excluding carboxylic acids is 3. The summed E-state index contributed by atoms with van der Waals surface area (Å²) in [5.41, 5.74) is 9.79. The van der Waals surface area contributed by atoms with Gasteiger partial charge in [0, 0.05) is 58.6 Å². The summed E-state index contributed by atoms with van der Waals surface area (Å²) < 4.78 is 0. The number of aromatic amines is 1. The molecule has 3 amide bonds. The molecule has 8 nitrogen and oxygen atoms in total. The van der Waals surface area contributed by atoms with Gasteiger partial charge in [-0.15, -0.1) is 0 Å². The van der Waals surface area contributed by atoms with Crippen LogP contribution in [0.1, 0.15) is 50.0 Å². The molecule has 0 radical (unpaired) electrons. The van der Waals surface area contributed by atoms with Gasteiger partial charge in [0.2, 0.25) is 5.91 Å². The third-order valence-corrected chi connectivity index (χ3v) is 6.11. The normalized spacial score (nSPS) is 14.8. The van der Waals surface area contributed by atoms with Crippen LogP contribution in [0.25, 0.3) is 10.9 Å². The highest BCUT2D eigenvalue weighted by atomic mass is 16.2. The first-order valence-corrected chi connectivity index (χ1v) is 11.0. The van der Waals surface area contributed by atoms with Gasteiger partial charge in [-0.3, -0.25) is 30.2 Å². The van der Waals surface area contributed by atoms with Crippen LogP contribution in [0.3, 0.4) is 0 Å². The van der Waals surface area contributed by atoms with Gasteiger partial charge < -0.3 is 9.88 Å². The summed E-state index contributed by atoms with van der Waals surface area (Å²) in [6.07, 6.45) is 3.04. The summed E-state index contributed by atoms with van der Waals surface area (Å²) >= 11 is 0. The molecule has 0 spiro atoms. The van der Waals surface area contributed by atoms with Crippen LogP contribution in [-0.4, -0.2) is 39.1 Å². The molecule has 170 valence electrons. The van der Waals surface area contributed by atoms with Crippen LogP contribution in [-0.2, 0) is 4.79 Å². The molecule has 5 rings (SSSR count). The number of benzene rings is 2. The van der Waals surface area contributed by atoms with E-state index in [0.717, 1.165) is 27.7 Å². The minimum Gasteiger partial charge on any atom is -0.358 e. The summed E-state index contributed by atoms with van der Waals surface area (Å²) in [5, 5.41) is 1.05. The minimum absolute atomic E-state index is 0.0360. The number of carbonyl (C=O) groups is 3. The summed E-state index contributed by atoms with van der Waals surface area (Å²) in [4.78, 5) is 47.0. The molecule has 4 aromatic rings.